The fourth-order valence-electron chi connectivity index (χ4n) is 4.20. The first kappa shape index (κ1) is 29.0. The highest BCUT2D eigenvalue weighted by atomic mass is 28.4. The number of carbonyl (C=O) groups is 1. The van der Waals surface area contributed by atoms with Crippen molar-refractivity contribution in [3.63, 3.8) is 0 Å². The molecule has 0 spiro atoms. The Morgan fingerprint density at radius 3 is 2.23 bits per heavy atom. The Kier molecular flexibility index (Phi) is 9.23. The van der Waals surface area contributed by atoms with Crippen LogP contribution in [-0.2, 0) is 23.3 Å². The van der Waals surface area contributed by atoms with Gasteiger partial charge in [-0.1, -0.05) is 106 Å². The van der Waals surface area contributed by atoms with E-state index < -0.39 is 33.6 Å². The summed E-state index contributed by atoms with van der Waals surface area (Å²) in [4.78, 5) is 17.6. The molecule has 8 heteroatoms. The Morgan fingerprint density at radius 2 is 1.59 bits per heavy atom. The zero-order valence-corrected chi connectivity index (χ0v) is 24.7. The van der Waals surface area contributed by atoms with E-state index in [0.717, 1.165) is 22.2 Å². The van der Waals surface area contributed by atoms with E-state index in [1.165, 1.54) is 7.11 Å². The van der Waals surface area contributed by atoms with Crippen molar-refractivity contribution in [3.8, 4) is 0 Å². The van der Waals surface area contributed by atoms with Crippen molar-refractivity contribution >= 4 is 33.1 Å². The van der Waals surface area contributed by atoms with Gasteiger partial charge in [0.15, 0.2) is 14.4 Å². The van der Waals surface area contributed by atoms with E-state index in [9.17, 15) is 4.79 Å². The van der Waals surface area contributed by atoms with Gasteiger partial charge in [-0.25, -0.2) is 4.79 Å². The van der Waals surface area contributed by atoms with Crippen LogP contribution in [0, 0.1) is 0 Å². The van der Waals surface area contributed by atoms with E-state index in [4.69, 9.17) is 23.5 Å². The minimum Gasteiger partial charge on any atom is -0.467 e. The van der Waals surface area contributed by atoms with Crippen LogP contribution in [0.3, 0.4) is 0 Å². The second-order valence-electron chi connectivity index (χ2n) is 11.3. The highest BCUT2D eigenvalue weighted by Gasteiger charge is 2.46. The molecule has 0 aromatic heterocycles. The molecule has 1 fully saturated rings. The Morgan fingerprint density at radius 1 is 0.974 bits per heavy atom. The molecule has 0 radical (unpaired) electrons. The summed E-state index contributed by atoms with van der Waals surface area (Å²) in [6.45, 7) is 11.7. The summed E-state index contributed by atoms with van der Waals surface area (Å²) < 4.78 is 24.1. The van der Waals surface area contributed by atoms with Crippen molar-refractivity contribution in [2.24, 2.45) is 4.99 Å². The summed E-state index contributed by atoms with van der Waals surface area (Å²) in [7, 11) is -1.35. The van der Waals surface area contributed by atoms with E-state index in [1.54, 1.807) is 0 Å². The number of benzene rings is 3. The normalized spacial score (nSPS) is 18.9. The average Bonchev–Trinajstić information content (AvgIpc) is 3.38. The highest BCUT2D eigenvalue weighted by Crippen LogP contribution is 2.37. The van der Waals surface area contributed by atoms with Crippen LogP contribution >= 0.6 is 0 Å². The molecule has 3 atom stereocenters. The molecule has 3 aromatic rings. The van der Waals surface area contributed by atoms with Gasteiger partial charge in [0.1, 0.15) is 6.10 Å². The molecule has 4 rings (SSSR count). The van der Waals surface area contributed by atoms with Crippen molar-refractivity contribution < 1.29 is 23.3 Å². The SMILES string of the molecule is COC(=O)[C@@H]1OB(c2ccccc2C=N[C@H](CO[Si](C)(C)C(C)(C)C)c2ccccc2)O[C@H]1c1ccccc1. The molecule has 1 saturated heterocycles. The molecule has 1 aliphatic rings. The van der Waals surface area contributed by atoms with E-state index in [2.05, 4.69) is 46.0 Å². The number of carbonyl (C=O) groups excluding carboxylic acids is 1. The summed E-state index contributed by atoms with van der Waals surface area (Å²) in [6.07, 6.45) is 0.406. The molecule has 0 bridgehead atoms. The predicted octanol–water partition coefficient (Wildman–Crippen LogP) is 5.89. The Hall–Kier alpha value is -3.04. The van der Waals surface area contributed by atoms with Crippen LogP contribution in [0.5, 0.6) is 0 Å². The lowest BCUT2D eigenvalue weighted by Gasteiger charge is -2.37. The molecule has 1 heterocycles. The van der Waals surface area contributed by atoms with Gasteiger partial charge in [-0.2, -0.15) is 0 Å². The zero-order chi connectivity index (χ0) is 28.0. The van der Waals surface area contributed by atoms with Gasteiger partial charge < -0.3 is 18.5 Å². The Bertz CT molecular complexity index is 1260. The first-order chi connectivity index (χ1) is 18.6. The molecule has 0 amide bonds. The van der Waals surface area contributed by atoms with Crippen molar-refractivity contribution in [3.05, 3.63) is 102 Å². The molecule has 0 unspecified atom stereocenters. The maximum absolute atomic E-state index is 12.6. The number of hydrogen-bond donors (Lipinski definition) is 0. The largest absolute Gasteiger partial charge is 0.495 e. The lowest BCUT2D eigenvalue weighted by molar-refractivity contribution is -0.150. The summed E-state index contributed by atoms with van der Waals surface area (Å²) in [5.41, 5.74) is 3.60. The molecule has 3 aromatic carbocycles. The van der Waals surface area contributed by atoms with Crippen molar-refractivity contribution in [2.45, 2.75) is 57.2 Å². The minimum atomic E-state index is -1.96. The maximum atomic E-state index is 12.6. The van der Waals surface area contributed by atoms with Gasteiger partial charge in [0.2, 0.25) is 0 Å². The number of rotatable bonds is 9. The number of ether oxygens (including phenoxy) is 1. The van der Waals surface area contributed by atoms with Gasteiger partial charge in [-0.3, -0.25) is 4.99 Å². The lowest BCUT2D eigenvalue weighted by Crippen LogP contribution is -2.41. The number of aliphatic imine (C=N–C) groups is 1. The van der Waals surface area contributed by atoms with Crippen LogP contribution < -0.4 is 5.46 Å². The van der Waals surface area contributed by atoms with Crippen molar-refractivity contribution in [1.29, 1.82) is 0 Å². The number of hydrogen-bond acceptors (Lipinski definition) is 6. The van der Waals surface area contributed by atoms with Crippen molar-refractivity contribution in [1.82, 2.24) is 0 Å². The highest BCUT2D eigenvalue weighted by molar-refractivity contribution is 6.74. The van der Waals surface area contributed by atoms with E-state index >= 15 is 0 Å². The smallest absolute Gasteiger partial charge is 0.467 e. The second-order valence-corrected chi connectivity index (χ2v) is 16.1. The third kappa shape index (κ3) is 6.94. The standard InChI is InChI=1S/C31H38BNO5Si/c1-31(2,3)39(5,6)36-22-27(23-15-9-7-10-16-23)33-21-25-19-13-14-20-26(25)32-37-28(24-17-11-8-12-18-24)29(38-32)30(34)35-4/h7-21,27-29H,22H2,1-6H3/t27-,28+,29-/m1/s1. The van der Waals surface area contributed by atoms with Crippen LogP contribution in [0.25, 0.3) is 0 Å². The van der Waals surface area contributed by atoms with Gasteiger partial charge in [-0.05, 0) is 40.3 Å². The molecule has 6 nitrogen and oxygen atoms in total. The fraction of sp³-hybridized carbons (Fsp3) is 0.355. The molecule has 0 N–H and O–H groups in total. The third-order valence-electron chi connectivity index (χ3n) is 7.61. The van der Waals surface area contributed by atoms with Crippen LogP contribution in [-0.4, -0.2) is 47.4 Å². The summed E-state index contributed by atoms with van der Waals surface area (Å²) in [5.74, 6) is -0.468. The summed E-state index contributed by atoms with van der Waals surface area (Å²) in [5, 5.41) is 0.104. The monoisotopic (exact) mass is 543 g/mol. The molecule has 39 heavy (non-hydrogen) atoms. The Labute approximate surface area is 233 Å². The van der Waals surface area contributed by atoms with Crippen LogP contribution in [0.15, 0.2) is 89.9 Å². The third-order valence-corrected chi connectivity index (χ3v) is 12.1. The second kappa shape index (κ2) is 12.4. The van der Waals surface area contributed by atoms with Crippen LogP contribution in [0.2, 0.25) is 18.1 Å². The molecular weight excluding hydrogens is 505 g/mol. The first-order valence-electron chi connectivity index (χ1n) is 13.4. The summed E-state index contributed by atoms with van der Waals surface area (Å²) in [6, 6.07) is 27.4. The number of methoxy groups -OCH3 is 1. The number of esters is 1. The fourth-order valence-corrected chi connectivity index (χ4v) is 5.20. The molecule has 0 aliphatic carbocycles. The molecule has 1 aliphatic heterocycles. The zero-order valence-electron chi connectivity index (χ0n) is 23.7. The molecular formula is C31H38BNO5Si. The molecule has 204 valence electrons. The average molecular weight is 544 g/mol. The van der Waals surface area contributed by atoms with Gasteiger partial charge in [0.25, 0.3) is 0 Å². The van der Waals surface area contributed by atoms with Gasteiger partial charge in [0, 0.05) is 6.21 Å². The van der Waals surface area contributed by atoms with Crippen LogP contribution in [0.1, 0.15) is 49.6 Å². The van der Waals surface area contributed by atoms with Gasteiger partial charge in [0.05, 0.1) is 19.8 Å². The van der Waals surface area contributed by atoms with Crippen LogP contribution in [0.4, 0.5) is 0 Å². The lowest BCUT2D eigenvalue weighted by atomic mass is 9.76. The Balaban J connectivity index is 1.61. The van der Waals surface area contributed by atoms with E-state index in [-0.39, 0.29) is 11.1 Å². The topological polar surface area (TPSA) is 66.4 Å². The van der Waals surface area contributed by atoms with E-state index in [0.29, 0.717) is 6.61 Å². The first-order valence-corrected chi connectivity index (χ1v) is 16.3. The number of nitrogens with zero attached hydrogens (tertiary/aromatic N) is 1. The van der Waals surface area contributed by atoms with Gasteiger partial charge >= 0.3 is 13.1 Å². The quantitative estimate of drug-likeness (QED) is 0.191. The molecule has 0 saturated carbocycles. The van der Waals surface area contributed by atoms with Gasteiger partial charge in [-0.15, -0.1) is 0 Å². The minimum absolute atomic E-state index is 0.104. The summed E-state index contributed by atoms with van der Waals surface area (Å²) >= 11 is 0. The maximum Gasteiger partial charge on any atom is 0.495 e. The van der Waals surface area contributed by atoms with Crippen molar-refractivity contribution in [2.75, 3.05) is 13.7 Å². The van der Waals surface area contributed by atoms with E-state index in [1.807, 2.05) is 79.0 Å². The predicted molar refractivity (Wildman–Crippen MR) is 159 cm³/mol.